The van der Waals surface area contributed by atoms with E-state index >= 15 is 0 Å². The Morgan fingerprint density at radius 1 is 1.42 bits per heavy atom. The number of nitrogens with zero attached hydrogens (tertiary/aromatic N) is 2. The lowest BCUT2D eigenvalue weighted by molar-refractivity contribution is 0.381. The van der Waals surface area contributed by atoms with Gasteiger partial charge in [0.1, 0.15) is 0 Å². The molecule has 0 radical (unpaired) electrons. The summed E-state index contributed by atoms with van der Waals surface area (Å²) in [6, 6.07) is 0. The summed E-state index contributed by atoms with van der Waals surface area (Å²) >= 11 is 0. The van der Waals surface area contributed by atoms with Crippen molar-refractivity contribution in [1.29, 1.82) is 0 Å². The zero-order valence-electron chi connectivity index (χ0n) is 7.96. The van der Waals surface area contributed by atoms with Gasteiger partial charge in [-0.1, -0.05) is 0 Å². The fraction of sp³-hybridized carbons (Fsp3) is 0.556. The average Bonchev–Trinajstić information content (AvgIpc) is 1.92. The van der Waals surface area contributed by atoms with E-state index in [4.69, 9.17) is 0 Å². The highest BCUT2D eigenvalue weighted by atomic mass is 16.1. The van der Waals surface area contributed by atoms with Gasteiger partial charge in [-0.2, -0.15) is 0 Å². The second-order valence-electron chi connectivity index (χ2n) is 3.91. The Hall–Kier alpha value is -1.12. The van der Waals surface area contributed by atoms with Gasteiger partial charge in [-0.3, -0.25) is 9.78 Å². The third-order valence-corrected chi connectivity index (χ3v) is 1.65. The molecule has 1 rings (SSSR count). The maximum atomic E-state index is 11.3. The van der Waals surface area contributed by atoms with Crippen LogP contribution in [0.5, 0.6) is 0 Å². The van der Waals surface area contributed by atoms with Crippen molar-refractivity contribution >= 4 is 0 Å². The molecule has 1 heterocycles. The van der Waals surface area contributed by atoms with E-state index in [1.54, 1.807) is 10.8 Å². The second-order valence-corrected chi connectivity index (χ2v) is 3.91. The van der Waals surface area contributed by atoms with E-state index in [1.807, 2.05) is 27.7 Å². The molecule has 0 unspecified atom stereocenters. The zero-order chi connectivity index (χ0) is 9.35. The Kier molecular flexibility index (Phi) is 2.04. The number of aromatic nitrogens is 2. The first-order valence-electron chi connectivity index (χ1n) is 3.97. The highest BCUT2D eigenvalue weighted by molar-refractivity contribution is 4.96. The summed E-state index contributed by atoms with van der Waals surface area (Å²) in [6.07, 6.45) is 3.14. The van der Waals surface area contributed by atoms with Gasteiger partial charge >= 0.3 is 0 Å². The molecule has 0 aliphatic heterocycles. The molecule has 0 atom stereocenters. The van der Waals surface area contributed by atoms with E-state index in [0.717, 1.165) is 5.69 Å². The Morgan fingerprint density at radius 3 is 2.42 bits per heavy atom. The van der Waals surface area contributed by atoms with Crippen LogP contribution in [0.15, 0.2) is 17.2 Å². The number of hydrogen-bond donors (Lipinski definition) is 0. The van der Waals surface area contributed by atoms with Crippen LogP contribution in [-0.4, -0.2) is 9.55 Å². The zero-order valence-corrected chi connectivity index (χ0v) is 7.96. The van der Waals surface area contributed by atoms with E-state index in [-0.39, 0.29) is 11.1 Å². The summed E-state index contributed by atoms with van der Waals surface area (Å²) in [4.78, 5) is 15.2. The summed E-state index contributed by atoms with van der Waals surface area (Å²) < 4.78 is 1.69. The van der Waals surface area contributed by atoms with E-state index in [0.29, 0.717) is 0 Å². The molecule has 3 nitrogen and oxygen atoms in total. The van der Waals surface area contributed by atoms with Crippen molar-refractivity contribution in [2.24, 2.45) is 0 Å². The molecule has 1 aromatic heterocycles. The molecule has 66 valence electrons. The molecule has 0 aliphatic carbocycles. The number of rotatable bonds is 0. The SMILES string of the molecule is Cc1cn(C(C)(C)C)c(=O)cn1. The average molecular weight is 166 g/mol. The van der Waals surface area contributed by atoms with Crippen molar-refractivity contribution in [2.75, 3.05) is 0 Å². The molecule has 0 aromatic carbocycles. The van der Waals surface area contributed by atoms with Crippen molar-refractivity contribution in [3.05, 3.63) is 28.4 Å². The third kappa shape index (κ3) is 1.72. The smallest absolute Gasteiger partial charge is 0.269 e. The van der Waals surface area contributed by atoms with Crippen LogP contribution in [0.3, 0.4) is 0 Å². The minimum absolute atomic E-state index is 0.0481. The van der Waals surface area contributed by atoms with E-state index in [2.05, 4.69) is 4.98 Å². The fourth-order valence-electron chi connectivity index (χ4n) is 1.03. The third-order valence-electron chi connectivity index (χ3n) is 1.65. The van der Waals surface area contributed by atoms with Crippen molar-refractivity contribution in [2.45, 2.75) is 33.2 Å². The molecule has 1 aromatic rings. The highest BCUT2D eigenvalue weighted by Crippen LogP contribution is 2.09. The molecule has 3 heteroatoms. The quantitative estimate of drug-likeness (QED) is 0.582. The van der Waals surface area contributed by atoms with Gasteiger partial charge in [0.25, 0.3) is 5.56 Å². The highest BCUT2D eigenvalue weighted by Gasteiger charge is 2.13. The first-order chi connectivity index (χ1) is 5.41. The van der Waals surface area contributed by atoms with Crippen LogP contribution >= 0.6 is 0 Å². The summed E-state index contributed by atoms with van der Waals surface area (Å²) in [7, 11) is 0. The second kappa shape index (κ2) is 2.73. The standard InChI is InChI=1S/C9H14N2O/c1-7-6-11(9(2,3)4)8(12)5-10-7/h5-6H,1-4H3. The van der Waals surface area contributed by atoms with Crippen LogP contribution in [0.2, 0.25) is 0 Å². The van der Waals surface area contributed by atoms with E-state index in [9.17, 15) is 4.79 Å². The van der Waals surface area contributed by atoms with Gasteiger partial charge in [0, 0.05) is 11.7 Å². The Labute approximate surface area is 72.1 Å². The molecule has 0 amide bonds. The predicted octanol–water partition coefficient (Wildman–Crippen LogP) is 1.31. The summed E-state index contributed by atoms with van der Waals surface area (Å²) in [5.74, 6) is 0. The lowest BCUT2D eigenvalue weighted by Crippen LogP contribution is -2.33. The van der Waals surface area contributed by atoms with Crippen LogP contribution in [0.4, 0.5) is 0 Å². The maximum Gasteiger partial charge on any atom is 0.269 e. The monoisotopic (exact) mass is 166 g/mol. The number of hydrogen-bond acceptors (Lipinski definition) is 2. The summed E-state index contributed by atoms with van der Waals surface area (Å²) in [5.41, 5.74) is 0.655. The van der Waals surface area contributed by atoms with Gasteiger partial charge in [-0.15, -0.1) is 0 Å². The Morgan fingerprint density at radius 2 is 2.00 bits per heavy atom. The van der Waals surface area contributed by atoms with Gasteiger partial charge in [0.2, 0.25) is 0 Å². The van der Waals surface area contributed by atoms with E-state index < -0.39 is 0 Å². The van der Waals surface area contributed by atoms with Gasteiger partial charge in [0.15, 0.2) is 0 Å². The fourth-order valence-corrected chi connectivity index (χ4v) is 1.03. The van der Waals surface area contributed by atoms with Crippen molar-refractivity contribution in [3.8, 4) is 0 Å². The van der Waals surface area contributed by atoms with Crippen molar-refractivity contribution in [1.82, 2.24) is 9.55 Å². The lowest BCUT2D eigenvalue weighted by Gasteiger charge is -2.21. The maximum absolute atomic E-state index is 11.3. The normalized spacial score (nSPS) is 11.7. The van der Waals surface area contributed by atoms with Crippen LogP contribution in [0, 0.1) is 6.92 Å². The molecule has 0 spiro atoms. The van der Waals surface area contributed by atoms with Crippen molar-refractivity contribution < 1.29 is 0 Å². The lowest BCUT2D eigenvalue weighted by atomic mass is 10.1. The van der Waals surface area contributed by atoms with Crippen LogP contribution < -0.4 is 5.56 Å². The van der Waals surface area contributed by atoms with Crippen LogP contribution in [0.25, 0.3) is 0 Å². The molecule has 0 bridgehead atoms. The van der Waals surface area contributed by atoms with Gasteiger partial charge in [0.05, 0.1) is 11.9 Å². The predicted molar refractivity (Wildman–Crippen MR) is 48.2 cm³/mol. The Balaban J connectivity index is 3.33. The molecular weight excluding hydrogens is 152 g/mol. The first-order valence-corrected chi connectivity index (χ1v) is 3.97. The Bertz CT molecular complexity index is 333. The summed E-state index contributed by atoms with van der Waals surface area (Å²) in [5, 5.41) is 0. The van der Waals surface area contributed by atoms with Crippen LogP contribution in [-0.2, 0) is 5.54 Å². The van der Waals surface area contributed by atoms with Gasteiger partial charge in [-0.05, 0) is 27.7 Å². The minimum atomic E-state index is -0.162. The molecule has 12 heavy (non-hydrogen) atoms. The molecule has 0 saturated carbocycles. The van der Waals surface area contributed by atoms with E-state index in [1.165, 1.54) is 6.20 Å². The minimum Gasteiger partial charge on any atom is -0.307 e. The molecule has 0 aliphatic rings. The largest absolute Gasteiger partial charge is 0.307 e. The molecule has 0 fully saturated rings. The van der Waals surface area contributed by atoms with Crippen LogP contribution in [0.1, 0.15) is 26.5 Å². The van der Waals surface area contributed by atoms with Crippen molar-refractivity contribution in [3.63, 3.8) is 0 Å². The van der Waals surface area contributed by atoms with Gasteiger partial charge in [-0.25, -0.2) is 0 Å². The summed E-state index contributed by atoms with van der Waals surface area (Å²) in [6.45, 7) is 7.86. The molecular formula is C9H14N2O. The topological polar surface area (TPSA) is 34.9 Å². The molecule has 0 N–H and O–H groups in total. The number of aryl methyl sites for hydroxylation is 1. The van der Waals surface area contributed by atoms with Gasteiger partial charge < -0.3 is 4.57 Å². The first kappa shape index (κ1) is 8.97. The molecule has 0 saturated heterocycles.